The standard InChI is InChI=1S/C19H28N2O3/c1-18(17(20)22)13-21(11-12-24-18)14-19(23)9-7-16(8-10-19)15-5-3-2-4-6-15/h2-6,16,23H,7-14H2,1H3,(H2,20,22). The van der Waals surface area contributed by atoms with E-state index >= 15 is 0 Å². The zero-order valence-electron chi connectivity index (χ0n) is 14.4. The number of benzene rings is 1. The number of morpholine rings is 1. The fourth-order valence-corrected chi connectivity index (χ4v) is 4.02. The summed E-state index contributed by atoms with van der Waals surface area (Å²) >= 11 is 0. The number of β-amino-alcohol motifs (C(OH)–C–C–N with tert-alkyl or cyclic N) is 1. The third-order valence-electron chi connectivity index (χ3n) is 5.58. The van der Waals surface area contributed by atoms with Gasteiger partial charge >= 0.3 is 0 Å². The minimum atomic E-state index is -0.949. The van der Waals surface area contributed by atoms with Crippen molar-refractivity contribution in [3.63, 3.8) is 0 Å². The molecule has 1 unspecified atom stereocenters. The van der Waals surface area contributed by atoms with Crippen molar-refractivity contribution in [3.05, 3.63) is 35.9 Å². The number of carbonyl (C=O) groups is 1. The Hall–Kier alpha value is -1.43. The van der Waals surface area contributed by atoms with Crippen LogP contribution in [-0.2, 0) is 9.53 Å². The van der Waals surface area contributed by atoms with Crippen LogP contribution >= 0.6 is 0 Å². The van der Waals surface area contributed by atoms with Gasteiger partial charge in [0, 0.05) is 19.6 Å². The number of aliphatic hydroxyl groups is 1. The molecular formula is C19H28N2O3. The second kappa shape index (κ2) is 6.82. The van der Waals surface area contributed by atoms with E-state index in [1.54, 1.807) is 6.92 Å². The zero-order chi connectivity index (χ0) is 17.2. The van der Waals surface area contributed by atoms with E-state index in [2.05, 4.69) is 29.2 Å². The Bertz CT molecular complexity index is 569. The average molecular weight is 332 g/mol. The Morgan fingerprint density at radius 1 is 1.33 bits per heavy atom. The summed E-state index contributed by atoms with van der Waals surface area (Å²) in [5, 5.41) is 11.0. The smallest absolute Gasteiger partial charge is 0.250 e. The predicted octanol–water partition coefficient (Wildman–Crippen LogP) is 1.65. The molecule has 5 nitrogen and oxygen atoms in total. The van der Waals surface area contributed by atoms with E-state index in [-0.39, 0.29) is 0 Å². The molecule has 1 saturated carbocycles. The summed E-state index contributed by atoms with van der Waals surface area (Å²) in [6.07, 6.45) is 3.57. The van der Waals surface area contributed by atoms with Crippen molar-refractivity contribution >= 4 is 5.91 Å². The predicted molar refractivity (Wildman–Crippen MR) is 92.6 cm³/mol. The number of hydrogen-bond acceptors (Lipinski definition) is 4. The number of primary amides is 1. The summed E-state index contributed by atoms with van der Waals surface area (Å²) in [7, 11) is 0. The molecule has 3 N–H and O–H groups in total. The number of nitrogens with two attached hydrogens (primary N) is 1. The van der Waals surface area contributed by atoms with Crippen molar-refractivity contribution in [1.82, 2.24) is 4.90 Å². The summed E-state index contributed by atoms with van der Waals surface area (Å²) in [5.74, 6) is 0.0963. The lowest BCUT2D eigenvalue weighted by Crippen LogP contribution is -2.59. The van der Waals surface area contributed by atoms with E-state index < -0.39 is 17.1 Å². The molecular weight excluding hydrogens is 304 g/mol. The Labute approximate surface area is 143 Å². The summed E-state index contributed by atoms with van der Waals surface area (Å²) in [6, 6.07) is 10.5. The normalized spacial score (nSPS) is 34.8. The molecule has 0 spiro atoms. The molecule has 0 bridgehead atoms. The highest BCUT2D eigenvalue weighted by Crippen LogP contribution is 2.38. The first-order chi connectivity index (χ1) is 11.4. The van der Waals surface area contributed by atoms with Crippen LogP contribution < -0.4 is 5.73 Å². The second-order valence-electron chi connectivity index (χ2n) is 7.56. The quantitative estimate of drug-likeness (QED) is 0.879. The number of ether oxygens (including phenoxy) is 1. The van der Waals surface area contributed by atoms with Crippen LogP contribution in [0, 0.1) is 0 Å². The maximum atomic E-state index is 11.6. The highest BCUT2D eigenvalue weighted by atomic mass is 16.5. The molecule has 1 saturated heterocycles. The molecule has 5 heteroatoms. The fraction of sp³-hybridized carbons (Fsp3) is 0.632. The van der Waals surface area contributed by atoms with Gasteiger partial charge in [0.05, 0.1) is 12.2 Å². The van der Waals surface area contributed by atoms with E-state index in [1.807, 2.05) is 6.07 Å². The van der Waals surface area contributed by atoms with Gasteiger partial charge in [-0.05, 0) is 44.1 Å². The van der Waals surface area contributed by atoms with Gasteiger partial charge in [-0.2, -0.15) is 0 Å². The largest absolute Gasteiger partial charge is 0.389 e. The van der Waals surface area contributed by atoms with Crippen LogP contribution in [0.4, 0.5) is 0 Å². The van der Waals surface area contributed by atoms with Crippen LogP contribution in [0.1, 0.15) is 44.1 Å². The second-order valence-corrected chi connectivity index (χ2v) is 7.56. The monoisotopic (exact) mass is 332 g/mol. The Morgan fingerprint density at radius 2 is 2.00 bits per heavy atom. The number of amides is 1. The van der Waals surface area contributed by atoms with Crippen molar-refractivity contribution in [3.8, 4) is 0 Å². The van der Waals surface area contributed by atoms with E-state index in [0.29, 0.717) is 25.6 Å². The molecule has 0 aromatic heterocycles. The molecule has 132 valence electrons. The lowest BCUT2D eigenvalue weighted by atomic mass is 9.76. The van der Waals surface area contributed by atoms with Crippen LogP contribution in [0.25, 0.3) is 0 Å². The lowest BCUT2D eigenvalue weighted by Gasteiger charge is -2.44. The molecule has 2 fully saturated rings. The van der Waals surface area contributed by atoms with Crippen molar-refractivity contribution in [2.24, 2.45) is 5.73 Å². The van der Waals surface area contributed by atoms with E-state index in [1.165, 1.54) is 5.56 Å². The van der Waals surface area contributed by atoms with Crippen LogP contribution in [0.3, 0.4) is 0 Å². The van der Waals surface area contributed by atoms with Gasteiger partial charge < -0.3 is 15.6 Å². The topological polar surface area (TPSA) is 75.8 Å². The fourth-order valence-electron chi connectivity index (χ4n) is 4.02. The SMILES string of the molecule is CC1(C(N)=O)CN(CC2(O)CCC(c3ccccc3)CC2)CCO1. The van der Waals surface area contributed by atoms with E-state index in [9.17, 15) is 9.90 Å². The molecule has 1 amide bonds. The third-order valence-corrected chi connectivity index (χ3v) is 5.58. The molecule has 1 aliphatic carbocycles. The van der Waals surface area contributed by atoms with Crippen molar-refractivity contribution in [2.45, 2.75) is 49.7 Å². The van der Waals surface area contributed by atoms with Gasteiger partial charge in [-0.25, -0.2) is 0 Å². The Kier molecular flexibility index (Phi) is 4.95. The van der Waals surface area contributed by atoms with Gasteiger partial charge in [0.25, 0.3) is 5.91 Å². The van der Waals surface area contributed by atoms with Gasteiger partial charge in [-0.15, -0.1) is 0 Å². The molecule has 1 heterocycles. The molecule has 1 aromatic rings. The highest BCUT2D eigenvalue weighted by Gasteiger charge is 2.41. The number of nitrogens with zero attached hydrogens (tertiary/aromatic N) is 1. The first-order valence-corrected chi connectivity index (χ1v) is 8.84. The Balaban J connectivity index is 1.57. The highest BCUT2D eigenvalue weighted by molar-refractivity contribution is 5.83. The number of carbonyl (C=O) groups excluding carboxylic acids is 1. The maximum Gasteiger partial charge on any atom is 0.250 e. The van der Waals surface area contributed by atoms with Gasteiger partial charge in [-0.1, -0.05) is 30.3 Å². The first-order valence-electron chi connectivity index (χ1n) is 8.84. The summed E-state index contributed by atoms with van der Waals surface area (Å²) in [5.41, 5.74) is 5.20. The van der Waals surface area contributed by atoms with Gasteiger partial charge in [0.2, 0.25) is 0 Å². The number of rotatable bonds is 4. The van der Waals surface area contributed by atoms with E-state index in [0.717, 1.165) is 32.2 Å². The summed E-state index contributed by atoms with van der Waals surface area (Å²) in [6.45, 7) is 3.97. The van der Waals surface area contributed by atoms with Gasteiger partial charge in [0.1, 0.15) is 0 Å². The average Bonchev–Trinajstić information content (AvgIpc) is 2.56. The van der Waals surface area contributed by atoms with Crippen molar-refractivity contribution < 1.29 is 14.6 Å². The molecule has 1 atom stereocenters. The van der Waals surface area contributed by atoms with Crippen LogP contribution in [0.15, 0.2) is 30.3 Å². The molecule has 0 radical (unpaired) electrons. The number of hydrogen-bond donors (Lipinski definition) is 2. The zero-order valence-corrected chi connectivity index (χ0v) is 14.4. The van der Waals surface area contributed by atoms with Gasteiger partial charge in [-0.3, -0.25) is 9.69 Å². The minimum Gasteiger partial charge on any atom is -0.389 e. The van der Waals surface area contributed by atoms with Crippen molar-refractivity contribution in [1.29, 1.82) is 0 Å². The molecule has 2 aliphatic rings. The lowest BCUT2D eigenvalue weighted by molar-refractivity contribution is -0.157. The van der Waals surface area contributed by atoms with Gasteiger partial charge in [0.15, 0.2) is 5.60 Å². The molecule has 1 aromatic carbocycles. The summed E-state index contributed by atoms with van der Waals surface area (Å²) < 4.78 is 5.56. The summed E-state index contributed by atoms with van der Waals surface area (Å²) in [4.78, 5) is 13.7. The van der Waals surface area contributed by atoms with Crippen molar-refractivity contribution in [2.75, 3.05) is 26.2 Å². The molecule has 24 heavy (non-hydrogen) atoms. The maximum absolute atomic E-state index is 11.6. The van der Waals surface area contributed by atoms with Crippen LogP contribution in [0.2, 0.25) is 0 Å². The molecule has 3 rings (SSSR count). The van der Waals surface area contributed by atoms with E-state index in [4.69, 9.17) is 10.5 Å². The van der Waals surface area contributed by atoms with Crippen LogP contribution in [0.5, 0.6) is 0 Å². The molecule has 1 aliphatic heterocycles. The van der Waals surface area contributed by atoms with Crippen LogP contribution in [-0.4, -0.2) is 53.4 Å². The Morgan fingerprint density at radius 3 is 2.62 bits per heavy atom. The third kappa shape index (κ3) is 3.79. The first kappa shape index (κ1) is 17.4. The minimum absolute atomic E-state index is 0.438.